The van der Waals surface area contributed by atoms with Gasteiger partial charge in [0.15, 0.2) is 0 Å². The maximum absolute atomic E-state index is 12.5. The van der Waals surface area contributed by atoms with Crippen molar-refractivity contribution >= 4 is 35.2 Å². The summed E-state index contributed by atoms with van der Waals surface area (Å²) in [6.07, 6.45) is 2.41. The van der Waals surface area contributed by atoms with Crippen LogP contribution in [0, 0.1) is 5.92 Å². The van der Waals surface area contributed by atoms with Crippen molar-refractivity contribution in [3.05, 3.63) is 58.6 Å². The monoisotopic (exact) mass is 417 g/mol. The molecule has 0 unspecified atom stereocenters. The lowest BCUT2D eigenvalue weighted by molar-refractivity contribution is 0.0954. The van der Waals surface area contributed by atoms with E-state index >= 15 is 0 Å². The molecule has 1 aliphatic heterocycles. The molecule has 1 heterocycles. The average Bonchev–Trinajstić information content (AvgIpc) is 2.69. The van der Waals surface area contributed by atoms with Crippen LogP contribution >= 0.6 is 23.5 Å². The van der Waals surface area contributed by atoms with E-state index in [0.717, 1.165) is 23.9 Å². The zero-order chi connectivity index (χ0) is 20.1. The van der Waals surface area contributed by atoms with Gasteiger partial charge in [-0.2, -0.15) is 5.10 Å². The highest BCUT2D eigenvalue weighted by molar-refractivity contribution is 7.97. The summed E-state index contributed by atoms with van der Waals surface area (Å²) in [7, 11) is 0. The molecule has 1 fully saturated rings. The van der Waals surface area contributed by atoms with Crippen LogP contribution in [0.3, 0.4) is 0 Å². The summed E-state index contributed by atoms with van der Waals surface area (Å²) in [5, 5.41) is 14.5. The average molecular weight is 418 g/mol. The molecule has 2 N–H and O–H groups in total. The van der Waals surface area contributed by atoms with Gasteiger partial charge in [0.25, 0.3) is 5.91 Å². The first-order valence-corrected chi connectivity index (χ1v) is 10.4. The lowest BCUT2D eigenvalue weighted by Gasteiger charge is -2.28. The number of carbonyl (C=O) groups excluding carboxylic acids is 1. The van der Waals surface area contributed by atoms with E-state index in [9.17, 15) is 9.90 Å². The molecule has 0 bridgehead atoms. The zero-order valence-corrected chi connectivity index (χ0v) is 17.6. The molecule has 7 heteroatoms. The van der Waals surface area contributed by atoms with Crippen LogP contribution in [-0.4, -0.2) is 34.1 Å². The Hall–Kier alpha value is -2.02. The SMILES string of the molecule is C/C(=N\NC(=O)c1cccc(SN2CCC(C)CC2)c1)c1cc(Cl)ccc1O. The molecule has 1 amide bonds. The molecular formula is C21H24ClN3O2S. The third kappa shape index (κ3) is 5.50. The smallest absolute Gasteiger partial charge is 0.271 e. The number of carbonyl (C=O) groups is 1. The lowest BCUT2D eigenvalue weighted by Crippen LogP contribution is -2.27. The highest BCUT2D eigenvalue weighted by Gasteiger charge is 2.17. The van der Waals surface area contributed by atoms with Crippen molar-refractivity contribution in [2.45, 2.75) is 31.6 Å². The molecule has 1 saturated heterocycles. The van der Waals surface area contributed by atoms with Gasteiger partial charge in [0.05, 0.1) is 5.71 Å². The minimum absolute atomic E-state index is 0.0640. The van der Waals surface area contributed by atoms with Crippen molar-refractivity contribution in [3.8, 4) is 5.75 Å². The first-order valence-electron chi connectivity index (χ1n) is 9.29. The van der Waals surface area contributed by atoms with Gasteiger partial charge in [0.1, 0.15) is 5.75 Å². The van der Waals surface area contributed by atoms with Crippen LogP contribution in [0.1, 0.15) is 42.6 Å². The van der Waals surface area contributed by atoms with Gasteiger partial charge in [0, 0.05) is 34.1 Å². The molecule has 28 heavy (non-hydrogen) atoms. The Kier molecular flexibility index (Phi) is 6.99. The number of halogens is 1. The zero-order valence-electron chi connectivity index (χ0n) is 16.0. The molecule has 0 radical (unpaired) electrons. The fourth-order valence-electron chi connectivity index (χ4n) is 2.98. The number of nitrogens with zero attached hydrogens (tertiary/aromatic N) is 2. The van der Waals surface area contributed by atoms with Crippen LogP contribution in [-0.2, 0) is 0 Å². The Labute approximate surface area is 174 Å². The van der Waals surface area contributed by atoms with E-state index in [2.05, 4.69) is 21.8 Å². The fourth-order valence-corrected chi connectivity index (χ4v) is 4.16. The summed E-state index contributed by atoms with van der Waals surface area (Å²) >= 11 is 7.66. The molecule has 1 aliphatic rings. The maximum atomic E-state index is 12.5. The van der Waals surface area contributed by atoms with Crippen molar-refractivity contribution in [1.82, 2.24) is 9.73 Å². The second kappa shape index (κ2) is 9.45. The van der Waals surface area contributed by atoms with Crippen molar-refractivity contribution in [2.24, 2.45) is 11.0 Å². The van der Waals surface area contributed by atoms with E-state index in [4.69, 9.17) is 11.6 Å². The largest absolute Gasteiger partial charge is 0.507 e. The van der Waals surface area contributed by atoms with Crippen LogP contribution in [0.2, 0.25) is 5.02 Å². The van der Waals surface area contributed by atoms with Gasteiger partial charge in [-0.25, -0.2) is 9.73 Å². The summed E-state index contributed by atoms with van der Waals surface area (Å²) in [4.78, 5) is 13.5. The number of aromatic hydroxyl groups is 1. The van der Waals surface area contributed by atoms with Crippen molar-refractivity contribution in [1.29, 1.82) is 0 Å². The molecule has 3 rings (SSSR count). The summed E-state index contributed by atoms with van der Waals surface area (Å²) in [5.74, 6) is 0.554. The van der Waals surface area contributed by atoms with Crippen molar-refractivity contribution in [3.63, 3.8) is 0 Å². The topological polar surface area (TPSA) is 64.9 Å². The third-order valence-corrected chi connectivity index (χ3v) is 6.07. The number of hydrogen-bond donors (Lipinski definition) is 2. The van der Waals surface area contributed by atoms with Gasteiger partial charge in [0.2, 0.25) is 0 Å². The summed E-state index contributed by atoms with van der Waals surface area (Å²) < 4.78 is 2.35. The number of nitrogens with one attached hydrogen (secondary N) is 1. The normalized spacial score (nSPS) is 16.2. The number of rotatable bonds is 5. The third-order valence-electron chi connectivity index (χ3n) is 4.75. The second-order valence-corrected chi connectivity index (χ2v) is 8.64. The van der Waals surface area contributed by atoms with Gasteiger partial charge in [-0.3, -0.25) is 4.79 Å². The van der Waals surface area contributed by atoms with Crippen LogP contribution in [0.4, 0.5) is 0 Å². The summed E-state index contributed by atoms with van der Waals surface area (Å²) in [6, 6.07) is 12.2. The van der Waals surface area contributed by atoms with Crippen LogP contribution in [0.5, 0.6) is 5.75 Å². The molecule has 2 aromatic rings. The molecule has 0 spiro atoms. The number of phenols is 1. The van der Waals surface area contributed by atoms with E-state index in [0.29, 0.717) is 21.9 Å². The first kappa shape index (κ1) is 20.7. The number of hydrazone groups is 1. The van der Waals surface area contributed by atoms with E-state index in [1.54, 1.807) is 37.1 Å². The lowest BCUT2D eigenvalue weighted by atomic mass is 10.0. The number of benzene rings is 2. The summed E-state index contributed by atoms with van der Waals surface area (Å²) in [5.41, 5.74) is 4.05. The van der Waals surface area contributed by atoms with Crippen LogP contribution in [0.25, 0.3) is 0 Å². The van der Waals surface area contributed by atoms with E-state index in [1.807, 2.05) is 18.2 Å². The molecule has 0 aromatic heterocycles. The molecule has 5 nitrogen and oxygen atoms in total. The molecule has 2 aromatic carbocycles. The van der Waals surface area contributed by atoms with Crippen LogP contribution < -0.4 is 5.43 Å². The van der Waals surface area contributed by atoms with Gasteiger partial charge in [-0.15, -0.1) is 0 Å². The number of amides is 1. The molecule has 0 saturated carbocycles. The standard InChI is InChI=1S/C21H24ClN3O2S/c1-14-8-10-25(11-9-14)28-18-5-3-4-16(12-18)21(27)24-23-15(2)19-13-17(22)6-7-20(19)26/h3-7,12-14,26H,8-11H2,1-2H3,(H,24,27)/b23-15+. The van der Waals surface area contributed by atoms with Crippen LogP contribution in [0.15, 0.2) is 52.5 Å². The van der Waals surface area contributed by atoms with Gasteiger partial charge in [-0.05, 0) is 74.0 Å². The molecule has 0 aliphatic carbocycles. The minimum Gasteiger partial charge on any atom is -0.507 e. The van der Waals surface area contributed by atoms with Crippen molar-refractivity contribution < 1.29 is 9.90 Å². The number of phenolic OH excluding ortho intramolecular Hbond substituents is 1. The predicted octanol–water partition coefficient (Wildman–Crippen LogP) is 4.94. The molecular weight excluding hydrogens is 394 g/mol. The quantitative estimate of drug-likeness (QED) is 0.411. The van der Waals surface area contributed by atoms with Gasteiger partial charge >= 0.3 is 0 Å². The van der Waals surface area contributed by atoms with Gasteiger partial charge < -0.3 is 5.11 Å². The van der Waals surface area contributed by atoms with E-state index in [-0.39, 0.29) is 11.7 Å². The highest BCUT2D eigenvalue weighted by atomic mass is 35.5. The first-order chi connectivity index (χ1) is 13.4. The Balaban J connectivity index is 1.65. The van der Waals surface area contributed by atoms with E-state index in [1.165, 1.54) is 18.9 Å². The second-order valence-electron chi connectivity index (χ2n) is 7.03. The van der Waals surface area contributed by atoms with Gasteiger partial charge in [-0.1, -0.05) is 24.6 Å². The Morgan fingerprint density at radius 2 is 2.00 bits per heavy atom. The minimum atomic E-state index is -0.296. The van der Waals surface area contributed by atoms with Crippen molar-refractivity contribution in [2.75, 3.05) is 13.1 Å². The predicted molar refractivity (Wildman–Crippen MR) is 115 cm³/mol. The Morgan fingerprint density at radius 1 is 1.25 bits per heavy atom. The Morgan fingerprint density at radius 3 is 2.75 bits per heavy atom. The number of hydrogen-bond acceptors (Lipinski definition) is 5. The maximum Gasteiger partial charge on any atom is 0.271 e. The highest BCUT2D eigenvalue weighted by Crippen LogP contribution is 2.28. The summed E-state index contributed by atoms with van der Waals surface area (Å²) in [6.45, 7) is 6.12. The number of piperidine rings is 1. The Bertz CT molecular complexity index is 880. The molecule has 0 atom stereocenters. The fraction of sp³-hybridized carbons (Fsp3) is 0.333. The molecule has 148 valence electrons. The van der Waals surface area contributed by atoms with E-state index < -0.39 is 0 Å².